The Bertz CT molecular complexity index is 1410. The van der Waals surface area contributed by atoms with Gasteiger partial charge < -0.3 is 15.0 Å². The van der Waals surface area contributed by atoms with Crippen molar-refractivity contribution >= 4 is 39.9 Å². The van der Waals surface area contributed by atoms with E-state index in [2.05, 4.69) is 5.32 Å². The maximum Gasteiger partial charge on any atom is 0.256 e. The van der Waals surface area contributed by atoms with Crippen molar-refractivity contribution in [3.8, 4) is 5.75 Å². The summed E-state index contributed by atoms with van der Waals surface area (Å²) in [5, 5.41) is 5.22. The van der Waals surface area contributed by atoms with Gasteiger partial charge in [0.15, 0.2) is 0 Å². The highest BCUT2D eigenvalue weighted by molar-refractivity contribution is 6.31. The van der Waals surface area contributed by atoms with Crippen molar-refractivity contribution in [1.82, 2.24) is 4.90 Å². The average Bonchev–Trinajstić information content (AvgIpc) is 3.38. The number of methoxy groups -OCH3 is 1. The smallest absolute Gasteiger partial charge is 0.256 e. The summed E-state index contributed by atoms with van der Waals surface area (Å²) in [6.45, 7) is 0.616. The van der Waals surface area contributed by atoms with Gasteiger partial charge in [-0.3, -0.25) is 9.59 Å². The van der Waals surface area contributed by atoms with Crippen LogP contribution in [0.25, 0.3) is 10.8 Å². The quantitative estimate of drug-likeness (QED) is 0.341. The second-order valence-corrected chi connectivity index (χ2v) is 9.01. The second-order valence-electron chi connectivity index (χ2n) is 8.57. The lowest BCUT2D eigenvalue weighted by Crippen LogP contribution is -2.31. The van der Waals surface area contributed by atoms with Crippen molar-refractivity contribution in [1.29, 1.82) is 0 Å². The number of rotatable bonds is 5. The number of amides is 2. The summed E-state index contributed by atoms with van der Waals surface area (Å²) in [7, 11) is 1.64. The SMILES string of the molecule is COc1ccccc1C1CCCN1C(=O)c1cc(Cl)ccc1NC(=O)c1cccc2ccccc12. The summed E-state index contributed by atoms with van der Waals surface area (Å²) < 4.78 is 5.56. The molecule has 5 nitrogen and oxygen atoms in total. The van der Waals surface area contributed by atoms with Crippen LogP contribution in [0.15, 0.2) is 84.9 Å². The number of anilines is 1. The number of nitrogens with zero attached hydrogens (tertiary/aromatic N) is 1. The first-order valence-corrected chi connectivity index (χ1v) is 12.0. The molecule has 0 aliphatic carbocycles. The molecule has 4 aromatic rings. The minimum Gasteiger partial charge on any atom is -0.496 e. The van der Waals surface area contributed by atoms with Crippen LogP contribution in [0.2, 0.25) is 5.02 Å². The van der Waals surface area contributed by atoms with E-state index in [0.29, 0.717) is 28.4 Å². The lowest BCUT2D eigenvalue weighted by molar-refractivity contribution is 0.0735. The first-order valence-electron chi connectivity index (χ1n) is 11.6. The molecule has 0 radical (unpaired) electrons. The Hall–Kier alpha value is -3.83. The van der Waals surface area contributed by atoms with Gasteiger partial charge in [-0.25, -0.2) is 0 Å². The van der Waals surface area contributed by atoms with Gasteiger partial charge in [0.05, 0.1) is 24.4 Å². The number of ether oxygens (including phenoxy) is 1. The van der Waals surface area contributed by atoms with Gasteiger partial charge in [0.1, 0.15) is 5.75 Å². The molecular weight excluding hydrogens is 460 g/mol. The zero-order chi connectivity index (χ0) is 24.4. The van der Waals surface area contributed by atoms with Gasteiger partial charge in [0.25, 0.3) is 11.8 Å². The number of hydrogen-bond acceptors (Lipinski definition) is 3. The van der Waals surface area contributed by atoms with Crippen LogP contribution in [-0.2, 0) is 0 Å². The summed E-state index contributed by atoms with van der Waals surface area (Å²) in [6.07, 6.45) is 1.72. The highest BCUT2D eigenvalue weighted by atomic mass is 35.5. The number of fused-ring (bicyclic) bond motifs is 1. The molecule has 1 heterocycles. The van der Waals surface area contributed by atoms with Gasteiger partial charge in [-0.1, -0.05) is 66.2 Å². The Labute approximate surface area is 209 Å². The molecule has 0 aromatic heterocycles. The summed E-state index contributed by atoms with van der Waals surface area (Å²) in [5.74, 6) is 0.308. The normalized spacial score (nSPS) is 15.3. The first kappa shape index (κ1) is 22.9. The predicted molar refractivity (Wildman–Crippen MR) is 139 cm³/mol. The molecule has 4 aromatic carbocycles. The monoisotopic (exact) mass is 484 g/mol. The minimum absolute atomic E-state index is 0.112. The van der Waals surface area contributed by atoms with E-state index in [4.69, 9.17) is 16.3 Å². The maximum atomic E-state index is 13.8. The van der Waals surface area contributed by atoms with Crippen LogP contribution < -0.4 is 10.1 Å². The molecule has 1 atom stereocenters. The third kappa shape index (κ3) is 4.47. The molecule has 35 heavy (non-hydrogen) atoms. The van der Waals surface area contributed by atoms with E-state index < -0.39 is 0 Å². The molecule has 1 fully saturated rings. The third-order valence-electron chi connectivity index (χ3n) is 6.51. The Kier molecular flexibility index (Phi) is 6.43. The summed E-state index contributed by atoms with van der Waals surface area (Å²) in [4.78, 5) is 28.9. The highest BCUT2D eigenvalue weighted by Crippen LogP contribution is 2.38. The fourth-order valence-electron chi connectivity index (χ4n) is 4.85. The van der Waals surface area contributed by atoms with Gasteiger partial charge in [-0.05, 0) is 53.9 Å². The molecule has 1 unspecified atom stereocenters. The zero-order valence-corrected chi connectivity index (χ0v) is 20.1. The van der Waals surface area contributed by atoms with E-state index in [1.165, 1.54) is 0 Å². The minimum atomic E-state index is -0.277. The van der Waals surface area contributed by atoms with Gasteiger partial charge in [-0.15, -0.1) is 0 Å². The molecule has 176 valence electrons. The van der Waals surface area contributed by atoms with Crippen LogP contribution in [0, 0.1) is 0 Å². The fourth-order valence-corrected chi connectivity index (χ4v) is 5.02. The lowest BCUT2D eigenvalue weighted by atomic mass is 10.0. The molecule has 0 saturated carbocycles. The van der Waals surface area contributed by atoms with E-state index >= 15 is 0 Å². The third-order valence-corrected chi connectivity index (χ3v) is 6.74. The van der Waals surface area contributed by atoms with E-state index in [9.17, 15) is 9.59 Å². The Balaban J connectivity index is 1.48. The number of benzene rings is 4. The number of halogens is 1. The Morgan fingerprint density at radius 2 is 1.71 bits per heavy atom. The number of para-hydroxylation sites is 1. The van der Waals surface area contributed by atoms with E-state index in [-0.39, 0.29) is 17.9 Å². The number of nitrogens with one attached hydrogen (secondary N) is 1. The van der Waals surface area contributed by atoms with E-state index in [1.54, 1.807) is 31.4 Å². The number of carbonyl (C=O) groups is 2. The molecule has 2 amide bonds. The van der Waals surface area contributed by atoms with Crippen LogP contribution in [0.3, 0.4) is 0 Å². The van der Waals surface area contributed by atoms with Gasteiger partial charge in [-0.2, -0.15) is 0 Å². The Morgan fingerprint density at radius 3 is 2.57 bits per heavy atom. The van der Waals surface area contributed by atoms with Gasteiger partial charge in [0.2, 0.25) is 0 Å². The van der Waals surface area contributed by atoms with Crippen molar-refractivity contribution in [3.05, 3.63) is 107 Å². The second kappa shape index (κ2) is 9.80. The van der Waals surface area contributed by atoms with Crippen molar-refractivity contribution in [2.45, 2.75) is 18.9 Å². The highest BCUT2D eigenvalue weighted by Gasteiger charge is 2.33. The van der Waals surface area contributed by atoms with E-state index in [1.807, 2.05) is 65.6 Å². The van der Waals surface area contributed by atoms with E-state index in [0.717, 1.165) is 34.9 Å². The van der Waals surface area contributed by atoms with Crippen molar-refractivity contribution in [3.63, 3.8) is 0 Å². The van der Waals surface area contributed by atoms with Crippen LogP contribution in [0.5, 0.6) is 5.75 Å². The molecule has 1 aliphatic heterocycles. The van der Waals surface area contributed by atoms with Crippen LogP contribution in [0.1, 0.15) is 45.2 Å². The molecule has 6 heteroatoms. The van der Waals surface area contributed by atoms with Crippen LogP contribution in [0.4, 0.5) is 5.69 Å². The fraction of sp³-hybridized carbons (Fsp3) is 0.172. The standard InChI is InChI=1S/C29H25ClN2O3/c1-35-27-14-5-4-11-23(27)26-13-7-17-32(26)29(34)24-18-20(30)15-16-25(24)31-28(33)22-12-6-9-19-8-2-3-10-21(19)22/h2-6,8-12,14-16,18,26H,7,13,17H2,1H3,(H,31,33). The predicted octanol–water partition coefficient (Wildman–Crippen LogP) is 6.73. The molecule has 0 spiro atoms. The topological polar surface area (TPSA) is 58.6 Å². The van der Waals surface area contributed by atoms with Crippen LogP contribution in [-0.4, -0.2) is 30.4 Å². The summed E-state index contributed by atoms with van der Waals surface area (Å²) in [6, 6.07) is 26.0. The molecular formula is C29H25ClN2O3. The number of likely N-dealkylation sites (tertiary alicyclic amines) is 1. The van der Waals surface area contributed by atoms with Crippen molar-refractivity contribution in [2.75, 3.05) is 19.0 Å². The molecule has 5 rings (SSSR count). The summed E-state index contributed by atoms with van der Waals surface area (Å²) >= 11 is 6.30. The summed E-state index contributed by atoms with van der Waals surface area (Å²) in [5.41, 5.74) is 2.32. The zero-order valence-electron chi connectivity index (χ0n) is 19.3. The first-order chi connectivity index (χ1) is 17.1. The van der Waals surface area contributed by atoms with Crippen LogP contribution >= 0.6 is 11.6 Å². The molecule has 0 bridgehead atoms. The maximum absolute atomic E-state index is 13.8. The number of carbonyl (C=O) groups excluding carboxylic acids is 2. The Morgan fingerprint density at radius 1 is 0.943 bits per heavy atom. The van der Waals surface area contributed by atoms with Crippen molar-refractivity contribution < 1.29 is 14.3 Å². The molecule has 1 aliphatic rings. The molecule has 1 saturated heterocycles. The number of hydrogen-bond donors (Lipinski definition) is 1. The lowest BCUT2D eigenvalue weighted by Gasteiger charge is -2.27. The average molecular weight is 485 g/mol. The molecule has 1 N–H and O–H groups in total. The van der Waals surface area contributed by atoms with Gasteiger partial charge in [0, 0.05) is 22.7 Å². The largest absolute Gasteiger partial charge is 0.496 e. The van der Waals surface area contributed by atoms with Crippen molar-refractivity contribution in [2.24, 2.45) is 0 Å². The van der Waals surface area contributed by atoms with Gasteiger partial charge >= 0.3 is 0 Å².